The van der Waals surface area contributed by atoms with E-state index < -0.39 is 5.60 Å². The van der Waals surface area contributed by atoms with Crippen LogP contribution in [-0.4, -0.2) is 35.5 Å². The Balaban J connectivity index is 0.00000106. The summed E-state index contributed by atoms with van der Waals surface area (Å²) in [5, 5.41) is 0. The predicted octanol–water partition coefficient (Wildman–Crippen LogP) is 4.02. The molecule has 4 heteroatoms. The van der Waals surface area contributed by atoms with Gasteiger partial charge in [0.1, 0.15) is 11.4 Å². The largest absolute Gasteiger partial charge is 0.443 e. The Morgan fingerprint density at radius 3 is 2.52 bits per heavy atom. The maximum atomic E-state index is 12.2. The average Bonchev–Trinajstić information content (AvgIpc) is 2.88. The molecular weight excluding hydrogens is 264 g/mol. The summed E-state index contributed by atoms with van der Waals surface area (Å²) in [4.78, 5) is 18.2. The second-order valence-electron chi connectivity index (χ2n) is 5.71. The van der Waals surface area contributed by atoms with E-state index >= 15 is 0 Å². The van der Waals surface area contributed by atoms with Crippen molar-refractivity contribution in [1.29, 1.82) is 0 Å². The molecule has 0 aliphatic carbocycles. The molecule has 0 bridgehead atoms. The third-order valence-electron chi connectivity index (χ3n) is 2.73. The zero-order chi connectivity index (χ0) is 16.0. The normalized spacial score (nSPS) is 14.2. The number of carbonyl (C=O) groups excluding carboxylic acids is 1. The van der Waals surface area contributed by atoms with E-state index in [2.05, 4.69) is 4.99 Å². The molecule has 1 aromatic rings. The third-order valence-corrected chi connectivity index (χ3v) is 2.73. The number of benzene rings is 1. The monoisotopic (exact) mass is 290 g/mol. The molecule has 4 nitrogen and oxygen atoms in total. The van der Waals surface area contributed by atoms with Crippen molar-refractivity contribution in [2.24, 2.45) is 4.99 Å². The SMILES string of the molecule is CC.Cc1cccc(C2=NCCN2C(=O)OC(C)(C)C)c1. The molecule has 2 rings (SSSR count). The summed E-state index contributed by atoms with van der Waals surface area (Å²) in [6.45, 7) is 12.8. The van der Waals surface area contributed by atoms with Gasteiger partial charge in [-0.15, -0.1) is 0 Å². The van der Waals surface area contributed by atoms with E-state index in [0.29, 0.717) is 18.9 Å². The van der Waals surface area contributed by atoms with E-state index in [4.69, 9.17) is 4.74 Å². The van der Waals surface area contributed by atoms with Crippen molar-refractivity contribution in [3.63, 3.8) is 0 Å². The highest BCUT2D eigenvalue weighted by atomic mass is 16.6. The third kappa shape index (κ3) is 4.88. The van der Waals surface area contributed by atoms with Crippen LogP contribution in [0.1, 0.15) is 45.7 Å². The summed E-state index contributed by atoms with van der Waals surface area (Å²) in [6, 6.07) is 7.99. The Hall–Kier alpha value is -1.84. The maximum absolute atomic E-state index is 12.2. The molecule has 0 saturated heterocycles. The number of carbonyl (C=O) groups is 1. The van der Waals surface area contributed by atoms with Crippen LogP contribution in [-0.2, 0) is 4.74 Å². The summed E-state index contributed by atoms with van der Waals surface area (Å²) in [5.41, 5.74) is 1.62. The van der Waals surface area contributed by atoms with Crippen LogP contribution < -0.4 is 0 Å². The zero-order valence-electron chi connectivity index (χ0n) is 13.9. The van der Waals surface area contributed by atoms with Crippen LogP contribution in [0.5, 0.6) is 0 Å². The van der Waals surface area contributed by atoms with Crippen molar-refractivity contribution in [2.45, 2.75) is 47.1 Å². The number of amides is 1. The molecule has 0 fully saturated rings. The highest BCUT2D eigenvalue weighted by Gasteiger charge is 2.29. The number of nitrogens with zero attached hydrogens (tertiary/aromatic N) is 2. The highest BCUT2D eigenvalue weighted by Crippen LogP contribution is 2.17. The van der Waals surface area contributed by atoms with Crippen LogP contribution >= 0.6 is 0 Å². The Kier molecular flexibility index (Phi) is 5.94. The standard InChI is InChI=1S/C15H20N2O2.C2H6/c1-11-6-5-7-12(10-11)13-16-8-9-17(13)14(18)19-15(2,3)4;1-2/h5-7,10H,8-9H2,1-4H3;1-2H3. The Labute approximate surface area is 127 Å². The van der Waals surface area contributed by atoms with Crippen molar-refractivity contribution >= 4 is 11.9 Å². The van der Waals surface area contributed by atoms with Crippen molar-refractivity contribution in [2.75, 3.05) is 13.1 Å². The zero-order valence-corrected chi connectivity index (χ0v) is 13.9. The molecule has 0 saturated carbocycles. The van der Waals surface area contributed by atoms with E-state index in [-0.39, 0.29) is 6.09 Å². The Bertz CT molecular complexity index is 516. The number of hydrogen-bond donors (Lipinski definition) is 0. The molecule has 1 aliphatic heterocycles. The van der Waals surface area contributed by atoms with Crippen LogP contribution in [0.3, 0.4) is 0 Å². The lowest BCUT2D eigenvalue weighted by Gasteiger charge is -2.25. The smallest absolute Gasteiger partial charge is 0.416 e. The van der Waals surface area contributed by atoms with E-state index in [1.165, 1.54) is 0 Å². The first-order chi connectivity index (χ1) is 9.87. The number of ether oxygens (including phenoxy) is 1. The van der Waals surface area contributed by atoms with E-state index in [1.54, 1.807) is 4.90 Å². The molecule has 0 unspecified atom stereocenters. The molecule has 1 heterocycles. The van der Waals surface area contributed by atoms with E-state index in [0.717, 1.165) is 11.1 Å². The van der Waals surface area contributed by atoms with Crippen LogP contribution in [0.2, 0.25) is 0 Å². The van der Waals surface area contributed by atoms with Crippen molar-refractivity contribution in [3.8, 4) is 0 Å². The molecule has 116 valence electrons. The summed E-state index contributed by atoms with van der Waals surface area (Å²) >= 11 is 0. The molecule has 1 amide bonds. The van der Waals surface area contributed by atoms with Crippen molar-refractivity contribution in [1.82, 2.24) is 4.90 Å². The number of amidine groups is 1. The van der Waals surface area contributed by atoms with Crippen LogP contribution in [0, 0.1) is 6.92 Å². The number of hydrogen-bond acceptors (Lipinski definition) is 3. The van der Waals surface area contributed by atoms with Gasteiger partial charge in [0.05, 0.1) is 13.1 Å². The maximum Gasteiger partial charge on any atom is 0.416 e. The fourth-order valence-electron chi connectivity index (χ4n) is 1.97. The summed E-state index contributed by atoms with van der Waals surface area (Å²) in [7, 11) is 0. The van der Waals surface area contributed by atoms with E-state index in [1.807, 2.05) is 65.8 Å². The first-order valence-corrected chi connectivity index (χ1v) is 7.49. The molecule has 21 heavy (non-hydrogen) atoms. The lowest BCUT2D eigenvalue weighted by Crippen LogP contribution is -2.39. The first kappa shape index (κ1) is 17.2. The molecule has 1 aliphatic rings. The van der Waals surface area contributed by atoms with Crippen LogP contribution in [0.15, 0.2) is 29.3 Å². The molecule has 0 spiro atoms. The average molecular weight is 290 g/mol. The van der Waals surface area contributed by atoms with Gasteiger partial charge < -0.3 is 4.74 Å². The lowest BCUT2D eigenvalue weighted by atomic mass is 10.1. The van der Waals surface area contributed by atoms with Gasteiger partial charge in [0, 0.05) is 5.56 Å². The van der Waals surface area contributed by atoms with Crippen molar-refractivity contribution < 1.29 is 9.53 Å². The second kappa shape index (κ2) is 7.25. The Morgan fingerprint density at radius 2 is 1.95 bits per heavy atom. The number of aliphatic imine (C=N–C) groups is 1. The minimum absolute atomic E-state index is 0.328. The molecular formula is C17H26N2O2. The van der Waals surface area contributed by atoms with Gasteiger partial charge in [-0.3, -0.25) is 9.89 Å². The summed E-state index contributed by atoms with van der Waals surface area (Å²) in [6.07, 6.45) is -0.328. The second-order valence-corrected chi connectivity index (χ2v) is 5.71. The number of rotatable bonds is 1. The van der Waals surface area contributed by atoms with Gasteiger partial charge in [-0.1, -0.05) is 37.6 Å². The van der Waals surface area contributed by atoms with Gasteiger partial charge in [0.25, 0.3) is 0 Å². The van der Waals surface area contributed by atoms with Gasteiger partial charge in [-0.2, -0.15) is 0 Å². The quantitative estimate of drug-likeness (QED) is 0.784. The van der Waals surface area contributed by atoms with Crippen molar-refractivity contribution in [3.05, 3.63) is 35.4 Å². The minimum Gasteiger partial charge on any atom is -0.443 e. The molecule has 0 N–H and O–H groups in total. The highest BCUT2D eigenvalue weighted by molar-refractivity contribution is 6.07. The van der Waals surface area contributed by atoms with Crippen LogP contribution in [0.4, 0.5) is 4.79 Å². The number of aryl methyl sites for hydroxylation is 1. The molecule has 0 atom stereocenters. The predicted molar refractivity (Wildman–Crippen MR) is 86.9 cm³/mol. The minimum atomic E-state index is -0.489. The summed E-state index contributed by atoms with van der Waals surface area (Å²) in [5.74, 6) is 0.706. The lowest BCUT2D eigenvalue weighted by molar-refractivity contribution is 0.0385. The van der Waals surface area contributed by atoms with Gasteiger partial charge >= 0.3 is 6.09 Å². The molecule has 1 aromatic carbocycles. The van der Waals surface area contributed by atoms with Gasteiger partial charge in [-0.25, -0.2) is 4.79 Å². The van der Waals surface area contributed by atoms with Gasteiger partial charge in [0.2, 0.25) is 0 Å². The fraction of sp³-hybridized carbons (Fsp3) is 0.529. The van der Waals surface area contributed by atoms with Crippen LogP contribution in [0.25, 0.3) is 0 Å². The Morgan fingerprint density at radius 1 is 1.29 bits per heavy atom. The van der Waals surface area contributed by atoms with E-state index in [9.17, 15) is 4.79 Å². The first-order valence-electron chi connectivity index (χ1n) is 7.49. The fourth-order valence-corrected chi connectivity index (χ4v) is 1.97. The molecule has 0 radical (unpaired) electrons. The molecule has 0 aromatic heterocycles. The topological polar surface area (TPSA) is 41.9 Å². The summed E-state index contributed by atoms with van der Waals surface area (Å²) < 4.78 is 5.41. The van der Waals surface area contributed by atoms with Gasteiger partial charge in [-0.05, 0) is 33.8 Å². The van der Waals surface area contributed by atoms with Gasteiger partial charge in [0.15, 0.2) is 0 Å².